The molecule has 0 saturated heterocycles. The molecule has 0 fully saturated rings. The fourth-order valence-electron chi connectivity index (χ4n) is 2.47. The van der Waals surface area contributed by atoms with E-state index < -0.39 is 11.0 Å². The van der Waals surface area contributed by atoms with Crippen LogP contribution in [0.15, 0.2) is 59.1 Å². The highest BCUT2D eigenvalue weighted by Crippen LogP contribution is 2.22. The number of nitro benzene ring substituents is 1. The van der Waals surface area contributed by atoms with Crippen molar-refractivity contribution in [3.05, 3.63) is 76.2 Å². The van der Waals surface area contributed by atoms with Crippen molar-refractivity contribution in [1.82, 2.24) is 15.5 Å². The Bertz CT molecular complexity index is 958. The molecule has 0 aliphatic carbocycles. The van der Waals surface area contributed by atoms with Gasteiger partial charge in [-0.3, -0.25) is 14.9 Å². The van der Waals surface area contributed by atoms with E-state index in [1.807, 2.05) is 30.3 Å². The van der Waals surface area contributed by atoms with Crippen LogP contribution in [0, 0.1) is 10.1 Å². The standard InChI is InChI=1S/C19H18N4O5/c1-13(20-17(24)12-27-11-14-6-3-2-4-7-14)19-21-18(22-28-19)15-8-5-9-16(10-15)23(25)26/h2-10,13H,11-12H2,1H3,(H,20,24). The van der Waals surface area contributed by atoms with E-state index in [0.29, 0.717) is 12.2 Å². The van der Waals surface area contributed by atoms with Crippen LogP contribution in [0.3, 0.4) is 0 Å². The number of benzene rings is 2. The Labute approximate surface area is 160 Å². The van der Waals surface area contributed by atoms with Crippen molar-refractivity contribution in [1.29, 1.82) is 0 Å². The summed E-state index contributed by atoms with van der Waals surface area (Å²) in [5.74, 6) is 0.0802. The van der Waals surface area contributed by atoms with Gasteiger partial charge >= 0.3 is 0 Å². The number of amides is 1. The fourth-order valence-corrected chi connectivity index (χ4v) is 2.47. The highest BCUT2D eigenvalue weighted by Gasteiger charge is 2.18. The van der Waals surface area contributed by atoms with Gasteiger partial charge in [-0.05, 0) is 12.5 Å². The third kappa shape index (κ3) is 4.98. The molecule has 0 saturated carbocycles. The van der Waals surface area contributed by atoms with Gasteiger partial charge in [0.05, 0.1) is 11.5 Å². The molecule has 1 N–H and O–H groups in total. The second kappa shape index (κ2) is 8.87. The molecule has 28 heavy (non-hydrogen) atoms. The van der Waals surface area contributed by atoms with Gasteiger partial charge in [0.1, 0.15) is 12.6 Å². The molecule has 0 radical (unpaired) electrons. The van der Waals surface area contributed by atoms with Crippen LogP contribution in [0.1, 0.15) is 24.4 Å². The van der Waals surface area contributed by atoms with Crippen LogP contribution < -0.4 is 5.32 Å². The van der Waals surface area contributed by atoms with Crippen LogP contribution in [-0.2, 0) is 16.1 Å². The predicted octanol–water partition coefficient (Wildman–Crippen LogP) is 3.04. The quantitative estimate of drug-likeness (QED) is 0.469. The number of hydrogen-bond acceptors (Lipinski definition) is 7. The van der Waals surface area contributed by atoms with Crippen LogP contribution in [0.5, 0.6) is 0 Å². The summed E-state index contributed by atoms with van der Waals surface area (Å²) in [4.78, 5) is 26.6. The van der Waals surface area contributed by atoms with Gasteiger partial charge in [0.15, 0.2) is 0 Å². The minimum absolute atomic E-state index is 0.0687. The normalized spacial score (nSPS) is 11.8. The molecule has 1 aromatic heterocycles. The number of rotatable bonds is 8. The van der Waals surface area contributed by atoms with E-state index in [2.05, 4.69) is 15.5 Å². The van der Waals surface area contributed by atoms with Crippen molar-refractivity contribution in [2.75, 3.05) is 6.61 Å². The molecule has 9 nitrogen and oxygen atoms in total. The summed E-state index contributed by atoms with van der Waals surface area (Å²) < 4.78 is 10.6. The Morgan fingerprint density at radius 1 is 1.25 bits per heavy atom. The highest BCUT2D eigenvalue weighted by atomic mass is 16.6. The lowest BCUT2D eigenvalue weighted by molar-refractivity contribution is -0.384. The largest absolute Gasteiger partial charge is 0.367 e. The van der Waals surface area contributed by atoms with Gasteiger partial charge < -0.3 is 14.6 Å². The molecule has 9 heteroatoms. The van der Waals surface area contributed by atoms with E-state index in [4.69, 9.17) is 9.26 Å². The number of non-ortho nitro benzene ring substituents is 1. The highest BCUT2D eigenvalue weighted by molar-refractivity contribution is 5.77. The minimum Gasteiger partial charge on any atom is -0.367 e. The smallest absolute Gasteiger partial charge is 0.270 e. The van der Waals surface area contributed by atoms with Gasteiger partial charge in [-0.1, -0.05) is 47.6 Å². The van der Waals surface area contributed by atoms with Crippen molar-refractivity contribution in [3.8, 4) is 11.4 Å². The zero-order valence-corrected chi connectivity index (χ0v) is 15.1. The van der Waals surface area contributed by atoms with E-state index in [1.165, 1.54) is 12.1 Å². The maximum absolute atomic E-state index is 12.0. The Balaban J connectivity index is 1.55. The molecular weight excluding hydrogens is 364 g/mol. The SMILES string of the molecule is CC(NC(=O)COCc1ccccc1)c1nc(-c2cccc([N+](=O)[O-])c2)no1. The maximum Gasteiger partial charge on any atom is 0.270 e. The van der Waals surface area contributed by atoms with E-state index in [0.717, 1.165) is 5.56 Å². The first kappa shape index (κ1) is 19.2. The van der Waals surface area contributed by atoms with Crippen LogP contribution in [-0.4, -0.2) is 27.6 Å². The maximum atomic E-state index is 12.0. The Kier molecular flexibility index (Phi) is 6.07. The summed E-state index contributed by atoms with van der Waals surface area (Å²) in [6.45, 7) is 1.92. The lowest BCUT2D eigenvalue weighted by atomic mass is 10.2. The number of ether oxygens (including phenoxy) is 1. The minimum atomic E-state index is -0.534. The van der Waals surface area contributed by atoms with E-state index in [1.54, 1.807) is 19.1 Å². The first-order chi connectivity index (χ1) is 13.5. The van der Waals surface area contributed by atoms with Gasteiger partial charge in [-0.25, -0.2) is 0 Å². The van der Waals surface area contributed by atoms with Crippen molar-refractivity contribution in [3.63, 3.8) is 0 Å². The summed E-state index contributed by atoms with van der Waals surface area (Å²) >= 11 is 0. The molecule has 0 aliphatic heterocycles. The van der Waals surface area contributed by atoms with Crippen molar-refractivity contribution in [2.45, 2.75) is 19.6 Å². The molecule has 144 valence electrons. The molecule has 0 spiro atoms. The zero-order valence-electron chi connectivity index (χ0n) is 15.1. The Morgan fingerprint density at radius 3 is 2.79 bits per heavy atom. The van der Waals surface area contributed by atoms with Crippen LogP contribution in [0.4, 0.5) is 5.69 Å². The average Bonchev–Trinajstić information content (AvgIpc) is 3.19. The second-order valence-electron chi connectivity index (χ2n) is 6.03. The number of aromatic nitrogens is 2. The first-order valence-electron chi connectivity index (χ1n) is 8.52. The van der Waals surface area contributed by atoms with Crippen molar-refractivity contribution < 1.29 is 19.0 Å². The van der Waals surface area contributed by atoms with Crippen molar-refractivity contribution in [2.24, 2.45) is 0 Å². The van der Waals surface area contributed by atoms with Gasteiger partial charge in [-0.15, -0.1) is 0 Å². The Hall–Kier alpha value is -3.59. The summed E-state index contributed by atoms with van der Waals surface area (Å²) in [5, 5.41) is 17.4. The van der Waals surface area contributed by atoms with Gasteiger partial charge in [0.25, 0.3) is 5.69 Å². The monoisotopic (exact) mass is 382 g/mol. The lowest BCUT2D eigenvalue weighted by Crippen LogP contribution is -2.30. The van der Waals surface area contributed by atoms with Crippen LogP contribution >= 0.6 is 0 Å². The summed E-state index contributed by atoms with van der Waals surface area (Å²) in [6.07, 6.45) is 0. The predicted molar refractivity (Wildman–Crippen MR) is 99.0 cm³/mol. The zero-order chi connectivity index (χ0) is 19.9. The number of nitro groups is 1. The third-order valence-corrected chi connectivity index (χ3v) is 3.85. The molecule has 1 atom stereocenters. The third-order valence-electron chi connectivity index (χ3n) is 3.85. The van der Waals surface area contributed by atoms with Gasteiger partial charge in [0.2, 0.25) is 17.6 Å². The molecule has 3 rings (SSSR count). The number of carbonyl (C=O) groups excluding carboxylic acids is 1. The summed E-state index contributed by atoms with van der Waals surface area (Å²) in [6, 6.07) is 14.9. The average molecular weight is 382 g/mol. The second-order valence-corrected chi connectivity index (χ2v) is 6.03. The molecular formula is C19H18N4O5. The van der Waals surface area contributed by atoms with Crippen LogP contribution in [0.2, 0.25) is 0 Å². The van der Waals surface area contributed by atoms with Crippen LogP contribution in [0.25, 0.3) is 11.4 Å². The number of carbonyl (C=O) groups is 1. The Morgan fingerprint density at radius 2 is 2.04 bits per heavy atom. The molecule has 0 bridgehead atoms. The van der Waals surface area contributed by atoms with E-state index in [-0.39, 0.29) is 29.9 Å². The number of nitrogens with one attached hydrogen (secondary N) is 1. The molecule has 1 amide bonds. The van der Waals surface area contributed by atoms with E-state index >= 15 is 0 Å². The molecule has 1 heterocycles. The first-order valence-corrected chi connectivity index (χ1v) is 8.52. The number of nitrogens with zero attached hydrogens (tertiary/aromatic N) is 3. The van der Waals surface area contributed by atoms with E-state index in [9.17, 15) is 14.9 Å². The lowest BCUT2D eigenvalue weighted by Gasteiger charge is -2.10. The molecule has 0 aliphatic rings. The fraction of sp³-hybridized carbons (Fsp3) is 0.211. The summed E-state index contributed by atoms with van der Waals surface area (Å²) in [7, 11) is 0. The molecule has 3 aromatic rings. The van der Waals surface area contributed by atoms with Crippen molar-refractivity contribution >= 4 is 11.6 Å². The number of hydrogen-bond donors (Lipinski definition) is 1. The van der Waals surface area contributed by atoms with Gasteiger partial charge in [0, 0.05) is 17.7 Å². The molecule has 1 unspecified atom stereocenters. The summed E-state index contributed by atoms with van der Waals surface area (Å²) in [5.41, 5.74) is 1.36. The van der Waals surface area contributed by atoms with Gasteiger partial charge in [-0.2, -0.15) is 4.98 Å². The molecule has 2 aromatic carbocycles. The topological polar surface area (TPSA) is 120 Å².